The van der Waals surface area contributed by atoms with Crippen LogP contribution in [0.3, 0.4) is 0 Å². The highest BCUT2D eigenvalue weighted by Crippen LogP contribution is 2.30. The fraction of sp³-hybridized carbons (Fsp3) is 0.412. The van der Waals surface area contributed by atoms with E-state index in [1.165, 1.54) is 0 Å². The van der Waals surface area contributed by atoms with Crippen LogP contribution < -0.4 is 9.80 Å². The molecule has 136 valence electrons. The maximum atomic E-state index is 12.9. The van der Waals surface area contributed by atoms with E-state index in [1.807, 2.05) is 11.8 Å². The Bertz CT molecular complexity index is 845. The SMILES string of the molecule is Cc1ccc(C#N)c(N2CCC(N(C)c3cc(C(F)(F)F)ncn3)C2)n1. The van der Waals surface area contributed by atoms with Crippen LogP contribution in [0, 0.1) is 18.3 Å². The number of hydrogen-bond donors (Lipinski definition) is 0. The summed E-state index contributed by atoms with van der Waals surface area (Å²) in [5.41, 5.74) is 0.332. The lowest BCUT2D eigenvalue weighted by molar-refractivity contribution is -0.141. The first-order valence-electron chi connectivity index (χ1n) is 8.04. The lowest BCUT2D eigenvalue weighted by atomic mass is 10.2. The normalized spacial score (nSPS) is 17.2. The van der Waals surface area contributed by atoms with E-state index in [1.54, 1.807) is 24.1 Å². The molecular weight excluding hydrogens is 345 g/mol. The summed E-state index contributed by atoms with van der Waals surface area (Å²) in [7, 11) is 1.71. The molecule has 0 aliphatic carbocycles. The van der Waals surface area contributed by atoms with E-state index < -0.39 is 11.9 Å². The van der Waals surface area contributed by atoms with Crippen molar-refractivity contribution in [2.45, 2.75) is 25.6 Å². The van der Waals surface area contributed by atoms with Gasteiger partial charge in [0.2, 0.25) is 0 Å². The molecule has 2 aromatic rings. The van der Waals surface area contributed by atoms with E-state index in [2.05, 4.69) is 21.0 Å². The van der Waals surface area contributed by atoms with Crippen LogP contribution in [-0.4, -0.2) is 41.1 Å². The molecule has 26 heavy (non-hydrogen) atoms. The third-order valence-corrected chi connectivity index (χ3v) is 4.45. The number of alkyl halides is 3. The van der Waals surface area contributed by atoms with Crippen molar-refractivity contribution in [1.82, 2.24) is 15.0 Å². The molecule has 0 bridgehead atoms. The van der Waals surface area contributed by atoms with Gasteiger partial charge in [0, 0.05) is 37.9 Å². The molecule has 0 spiro atoms. The number of nitrogens with zero attached hydrogens (tertiary/aromatic N) is 6. The minimum atomic E-state index is -4.51. The number of rotatable bonds is 3. The van der Waals surface area contributed by atoms with Crippen LogP contribution in [0.5, 0.6) is 0 Å². The van der Waals surface area contributed by atoms with Crippen molar-refractivity contribution in [3.8, 4) is 6.07 Å². The maximum Gasteiger partial charge on any atom is 0.433 e. The molecule has 1 saturated heterocycles. The number of likely N-dealkylation sites (N-methyl/N-ethyl adjacent to an activating group) is 1. The maximum absolute atomic E-state index is 12.9. The van der Waals surface area contributed by atoms with Crippen LogP contribution in [0.2, 0.25) is 0 Å². The Morgan fingerprint density at radius 3 is 2.77 bits per heavy atom. The Hall–Kier alpha value is -2.89. The number of aryl methyl sites for hydroxylation is 1. The smallest absolute Gasteiger partial charge is 0.355 e. The van der Waals surface area contributed by atoms with E-state index >= 15 is 0 Å². The van der Waals surface area contributed by atoms with E-state index in [9.17, 15) is 18.4 Å². The van der Waals surface area contributed by atoms with Crippen molar-refractivity contribution in [2.75, 3.05) is 29.9 Å². The zero-order chi connectivity index (χ0) is 18.9. The largest absolute Gasteiger partial charge is 0.433 e. The molecule has 9 heteroatoms. The van der Waals surface area contributed by atoms with E-state index in [-0.39, 0.29) is 11.9 Å². The molecular formula is C17H17F3N6. The molecule has 1 fully saturated rings. The molecule has 3 rings (SSSR count). The Kier molecular flexibility index (Phi) is 4.68. The number of nitriles is 1. The summed E-state index contributed by atoms with van der Waals surface area (Å²) in [4.78, 5) is 15.4. The third-order valence-electron chi connectivity index (χ3n) is 4.45. The van der Waals surface area contributed by atoms with Crippen LogP contribution in [0.1, 0.15) is 23.4 Å². The molecule has 0 N–H and O–H groups in total. The van der Waals surface area contributed by atoms with E-state index in [4.69, 9.17) is 0 Å². The number of hydrogen-bond acceptors (Lipinski definition) is 6. The van der Waals surface area contributed by atoms with Crippen LogP contribution >= 0.6 is 0 Å². The van der Waals surface area contributed by atoms with Gasteiger partial charge >= 0.3 is 6.18 Å². The fourth-order valence-electron chi connectivity index (χ4n) is 3.00. The average Bonchev–Trinajstić information content (AvgIpc) is 3.10. The van der Waals surface area contributed by atoms with Gasteiger partial charge in [-0.05, 0) is 25.5 Å². The first-order chi connectivity index (χ1) is 12.3. The van der Waals surface area contributed by atoms with Crippen molar-refractivity contribution in [1.29, 1.82) is 5.26 Å². The second kappa shape index (κ2) is 6.78. The summed E-state index contributed by atoms with van der Waals surface area (Å²) in [6, 6.07) is 6.56. The zero-order valence-corrected chi connectivity index (χ0v) is 14.3. The molecule has 0 radical (unpaired) electrons. The van der Waals surface area contributed by atoms with Crippen LogP contribution in [0.4, 0.5) is 24.8 Å². The zero-order valence-electron chi connectivity index (χ0n) is 14.3. The quantitative estimate of drug-likeness (QED) is 0.836. The molecule has 1 aliphatic rings. The van der Waals surface area contributed by atoms with Gasteiger partial charge in [-0.15, -0.1) is 0 Å². The summed E-state index contributed by atoms with van der Waals surface area (Å²) < 4.78 is 38.6. The van der Waals surface area contributed by atoms with E-state index in [0.29, 0.717) is 24.5 Å². The molecule has 1 atom stereocenters. The van der Waals surface area contributed by atoms with Gasteiger partial charge in [0.05, 0.1) is 5.56 Å². The van der Waals surface area contributed by atoms with Crippen LogP contribution in [0.25, 0.3) is 0 Å². The van der Waals surface area contributed by atoms with Crippen LogP contribution in [-0.2, 0) is 6.18 Å². The second-order valence-corrected chi connectivity index (χ2v) is 6.19. The Balaban J connectivity index is 1.79. The topological polar surface area (TPSA) is 68.9 Å². The number of anilines is 2. The molecule has 0 saturated carbocycles. The minimum absolute atomic E-state index is 0.0418. The van der Waals surface area contributed by atoms with Crippen molar-refractivity contribution in [3.05, 3.63) is 41.5 Å². The average molecular weight is 362 g/mol. The summed E-state index contributed by atoms with van der Waals surface area (Å²) in [5, 5.41) is 9.28. The van der Waals surface area contributed by atoms with Crippen molar-refractivity contribution < 1.29 is 13.2 Å². The van der Waals surface area contributed by atoms with Crippen LogP contribution in [0.15, 0.2) is 24.5 Å². The molecule has 0 amide bonds. The molecule has 3 heterocycles. The minimum Gasteiger partial charge on any atom is -0.355 e. The number of halogens is 3. The van der Waals surface area contributed by atoms with Crippen molar-refractivity contribution >= 4 is 11.6 Å². The molecule has 6 nitrogen and oxygen atoms in total. The van der Waals surface area contributed by atoms with Gasteiger partial charge in [0.25, 0.3) is 0 Å². The van der Waals surface area contributed by atoms with Gasteiger partial charge in [0.1, 0.15) is 29.7 Å². The van der Waals surface area contributed by atoms with Crippen molar-refractivity contribution in [3.63, 3.8) is 0 Å². The summed E-state index contributed by atoms with van der Waals surface area (Å²) in [6.45, 7) is 3.06. The summed E-state index contributed by atoms with van der Waals surface area (Å²) >= 11 is 0. The molecule has 2 aromatic heterocycles. The van der Waals surface area contributed by atoms with E-state index in [0.717, 1.165) is 24.5 Å². The Morgan fingerprint density at radius 1 is 1.31 bits per heavy atom. The van der Waals surface area contributed by atoms with Gasteiger partial charge in [-0.2, -0.15) is 18.4 Å². The summed E-state index contributed by atoms with van der Waals surface area (Å²) in [5.74, 6) is 0.832. The molecule has 1 aliphatic heterocycles. The number of pyridine rings is 1. The highest BCUT2D eigenvalue weighted by Gasteiger charge is 2.34. The van der Waals surface area contributed by atoms with Gasteiger partial charge in [-0.1, -0.05) is 0 Å². The second-order valence-electron chi connectivity index (χ2n) is 6.19. The predicted octanol–water partition coefficient (Wildman–Crippen LogP) is 2.79. The highest BCUT2D eigenvalue weighted by atomic mass is 19.4. The molecule has 1 unspecified atom stereocenters. The summed E-state index contributed by atoms with van der Waals surface area (Å²) in [6.07, 6.45) is -2.85. The first kappa shape index (κ1) is 17.9. The van der Waals surface area contributed by atoms with Crippen molar-refractivity contribution in [2.24, 2.45) is 0 Å². The predicted molar refractivity (Wildman–Crippen MR) is 89.7 cm³/mol. The highest BCUT2D eigenvalue weighted by molar-refractivity contribution is 5.56. The van der Waals surface area contributed by atoms with Gasteiger partial charge in [-0.3, -0.25) is 0 Å². The first-order valence-corrected chi connectivity index (χ1v) is 8.04. The van der Waals surface area contributed by atoms with Gasteiger partial charge in [-0.25, -0.2) is 15.0 Å². The van der Waals surface area contributed by atoms with Gasteiger partial charge in [0.15, 0.2) is 0 Å². The van der Waals surface area contributed by atoms with Gasteiger partial charge < -0.3 is 9.80 Å². The Labute approximate surface area is 148 Å². The standard InChI is InChI=1S/C17H17F3N6/c1-11-3-4-12(8-21)16(24-11)26-6-5-13(9-26)25(2)15-7-14(17(18,19)20)22-10-23-15/h3-4,7,10,13H,5-6,9H2,1-2H3. The monoisotopic (exact) mass is 362 g/mol. The number of aromatic nitrogens is 3. The fourth-order valence-corrected chi connectivity index (χ4v) is 3.00. The Morgan fingerprint density at radius 2 is 2.08 bits per heavy atom. The third kappa shape index (κ3) is 3.54. The lowest BCUT2D eigenvalue weighted by Gasteiger charge is -2.26. The molecule has 0 aromatic carbocycles. The lowest BCUT2D eigenvalue weighted by Crippen LogP contribution is -2.35.